The van der Waals surface area contributed by atoms with Crippen LogP contribution in [0.3, 0.4) is 0 Å². The van der Waals surface area contributed by atoms with E-state index in [-0.39, 0.29) is 0 Å². The van der Waals surface area contributed by atoms with Gasteiger partial charge in [0, 0.05) is 18.2 Å². The van der Waals surface area contributed by atoms with Crippen molar-refractivity contribution in [3.63, 3.8) is 0 Å². The summed E-state index contributed by atoms with van der Waals surface area (Å²) in [6.07, 6.45) is 0.915. The number of pyridine rings is 1. The second kappa shape index (κ2) is 7.28. The lowest BCUT2D eigenvalue weighted by molar-refractivity contribution is 0.253. The largest absolute Gasteiger partial charge is 0.491 e. The molecule has 0 aromatic carbocycles. The topological polar surface area (TPSA) is 34.1 Å². The molecule has 1 aromatic rings. The van der Waals surface area contributed by atoms with E-state index in [1.807, 2.05) is 19.1 Å². The van der Waals surface area contributed by atoms with Gasteiger partial charge < -0.3 is 10.1 Å². The first kappa shape index (κ1) is 14.0. The Morgan fingerprint density at radius 3 is 2.76 bits per heavy atom. The molecular formula is C14H24N2O. The molecule has 1 aromatic heterocycles. The SMILES string of the molecule is CCNCC(C)COc1ccc(C)nc1CC. The highest BCUT2D eigenvalue weighted by Gasteiger charge is 2.07. The van der Waals surface area contributed by atoms with Crippen molar-refractivity contribution in [1.29, 1.82) is 0 Å². The molecule has 1 unspecified atom stereocenters. The number of hydrogen-bond acceptors (Lipinski definition) is 3. The van der Waals surface area contributed by atoms with E-state index in [2.05, 4.69) is 31.1 Å². The first-order valence-corrected chi connectivity index (χ1v) is 6.47. The van der Waals surface area contributed by atoms with Gasteiger partial charge in [0.2, 0.25) is 0 Å². The van der Waals surface area contributed by atoms with Crippen molar-refractivity contribution in [3.8, 4) is 5.75 Å². The summed E-state index contributed by atoms with van der Waals surface area (Å²) in [5.41, 5.74) is 2.11. The van der Waals surface area contributed by atoms with Crippen LogP contribution in [0.15, 0.2) is 12.1 Å². The summed E-state index contributed by atoms with van der Waals surface area (Å²) in [5.74, 6) is 1.45. The summed E-state index contributed by atoms with van der Waals surface area (Å²) in [6.45, 7) is 11.2. The normalized spacial score (nSPS) is 12.5. The van der Waals surface area contributed by atoms with Crippen molar-refractivity contribution in [3.05, 3.63) is 23.5 Å². The van der Waals surface area contributed by atoms with Gasteiger partial charge in [0.05, 0.1) is 12.3 Å². The lowest BCUT2D eigenvalue weighted by Gasteiger charge is -2.15. The average molecular weight is 236 g/mol. The van der Waals surface area contributed by atoms with Crippen molar-refractivity contribution >= 4 is 0 Å². The summed E-state index contributed by atoms with van der Waals surface area (Å²) in [6, 6.07) is 4.03. The van der Waals surface area contributed by atoms with Gasteiger partial charge in [0.1, 0.15) is 5.75 Å². The number of nitrogens with zero attached hydrogens (tertiary/aromatic N) is 1. The minimum atomic E-state index is 0.515. The average Bonchev–Trinajstić information content (AvgIpc) is 2.34. The fraction of sp³-hybridized carbons (Fsp3) is 0.643. The van der Waals surface area contributed by atoms with Gasteiger partial charge in [-0.2, -0.15) is 0 Å². The number of aryl methyl sites for hydroxylation is 2. The molecule has 0 aliphatic carbocycles. The Morgan fingerprint density at radius 2 is 2.12 bits per heavy atom. The van der Waals surface area contributed by atoms with Gasteiger partial charge in [-0.1, -0.05) is 20.8 Å². The Morgan fingerprint density at radius 1 is 1.35 bits per heavy atom. The zero-order chi connectivity index (χ0) is 12.7. The molecule has 0 amide bonds. The van der Waals surface area contributed by atoms with E-state index in [9.17, 15) is 0 Å². The summed E-state index contributed by atoms with van der Waals surface area (Å²) in [5, 5.41) is 3.33. The molecule has 1 atom stereocenters. The fourth-order valence-electron chi connectivity index (χ4n) is 1.66. The highest BCUT2D eigenvalue weighted by atomic mass is 16.5. The van der Waals surface area contributed by atoms with Crippen LogP contribution in [0.4, 0.5) is 0 Å². The van der Waals surface area contributed by atoms with Crippen molar-refractivity contribution in [1.82, 2.24) is 10.3 Å². The second-order valence-corrected chi connectivity index (χ2v) is 4.47. The van der Waals surface area contributed by atoms with E-state index in [1.54, 1.807) is 0 Å². The van der Waals surface area contributed by atoms with Gasteiger partial charge in [0.25, 0.3) is 0 Å². The lowest BCUT2D eigenvalue weighted by atomic mass is 10.2. The summed E-state index contributed by atoms with van der Waals surface area (Å²) < 4.78 is 5.84. The van der Waals surface area contributed by atoms with Gasteiger partial charge >= 0.3 is 0 Å². The Balaban J connectivity index is 2.50. The smallest absolute Gasteiger partial charge is 0.140 e. The van der Waals surface area contributed by atoms with Crippen molar-refractivity contribution in [2.75, 3.05) is 19.7 Å². The van der Waals surface area contributed by atoms with Crippen LogP contribution in [-0.4, -0.2) is 24.7 Å². The maximum Gasteiger partial charge on any atom is 0.140 e. The van der Waals surface area contributed by atoms with Gasteiger partial charge in [-0.25, -0.2) is 0 Å². The van der Waals surface area contributed by atoms with Gasteiger partial charge in [-0.15, -0.1) is 0 Å². The maximum absolute atomic E-state index is 5.84. The Kier molecular flexibility index (Phi) is 5.98. The number of rotatable bonds is 7. The summed E-state index contributed by atoms with van der Waals surface area (Å²) in [7, 11) is 0. The third-order valence-electron chi connectivity index (χ3n) is 2.67. The minimum absolute atomic E-state index is 0.515. The molecule has 1 heterocycles. The molecule has 0 saturated heterocycles. The predicted molar refractivity (Wildman–Crippen MR) is 71.6 cm³/mol. The summed E-state index contributed by atoms with van der Waals surface area (Å²) >= 11 is 0. The van der Waals surface area contributed by atoms with Crippen LogP contribution in [0.1, 0.15) is 32.2 Å². The first-order valence-electron chi connectivity index (χ1n) is 6.47. The molecule has 17 heavy (non-hydrogen) atoms. The molecule has 1 N–H and O–H groups in total. The lowest BCUT2D eigenvalue weighted by Crippen LogP contribution is -2.24. The van der Waals surface area contributed by atoms with Crippen LogP contribution in [0, 0.1) is 12.8 Å². The Labute approximate surface area is 105 Å². The zero-order valence-electron chi connectivity index (χ0n) is 11.4. The molecule has 3 heteroatoms. The number of ether oxygens (including phenoxy) is 1. The van der Waals surface area contributed by atoms with Gasteiger partial charge in [-0.3, -0.25) is 4.98 Å². The number of nitrogens with one attached hydrogen (secondary N) is 1. The van der Waals surface area contributed by atoms with Crippen molar-refractivity contribution in [2.45, 2.75) is 34.1 Å². The van der Waals surface area contributed by atoms with Crippen LogP contribution in [0.2, 0.25) is 0 Å². The molecule has 96 valence electrons. The van der Waals surface area contributed by atoms with Gasteiger partial charge in [0.15, 0.2) is 0 Å². The van der Waals surface area contributed by atoms with Crippen LogP contribution in [0.5, 0.6) is 5.75 Å². The van der Waals surface area contributed by atoms with Crippen LogP contribution < -0.4 is 10.1 Å². The van der Waals surface area contributed by atoms with E-state index in [0.717, 1.165) is 43.3 Å². The van der Waals surface area contributed by atoms with E-state index in [1.165, 1.54) is 0 Å². The Hall–Kier alpha value is -1.09. The van der Waals surface area contributed by atoms with Crippen molar-refractivity contribution in [2.24, 2.45) is 5.92 Å². The molecule has 0 aliphatic rings. The molecular weight excluding hydrogens is 212 g/mol. The third-order valence-corrected chi connectivity index (χ3v) is 2.67. The van der Waals surface area contributed by atoms with Gasteiger partial charge in [-0.05, 0) is 32.0 Å². The van der Waals surface area contributed by atoms with E-state index < -0.39 is 0 Å². The standard InChI is InChI=1S/C14H24N2O/c1-5-13-14(8-7-12(4)16-13)17-10-11(3)9-15-6-2/h7-8,11,15H,5-6,9-10H2,1-4H3. The van der Waals surface area contributed by atoms with E-state index in [0.29, 0.717) is 5.92 Å². The monoisotopic (exact) mass is 236 g/mol. The molecule has 0 fully saturated rings. The van der Waals surface area contributed by atoms with Crippen LogP contribution in [0.25, 0.3) is 0 Å². The van der Waals surface area contributed by atoms with Crippen LogP contribution >= 0.6 is 0 Å². The van der Waals surface area contributed by atoms with E-state index >= 15 is 0 Å². The molecule has 0 radical (unpaired) electrons. The third kappa shape index (κ3) is 4.73. The highest BCUT2D eigenvalue weighted by molar-refractivity contribution is 5.29. The second-order valence-electron chi connectivity index (χ2n) is 4.47. The molecule has 3 nitrogen and oxygen atoms in total. The Bertz CT molecular complexity index is 339. The molecule has 0 bridgehead atoms. The molecule has 0 aliphatic heterocycles. The maximum atomic E-state index is 5.84. The number of aromatic nitrogens is 1. The zero-order valence-corrected chi connectivity index (χ0v) is 11.4. The number of hydrogen-bond donors (Lipinski definition) is 1. The summed E-state index contributed by atoms with van der Waals surface area (Å²) in [4.78, 5) is 4.49. The quantitative estimate of drug-likeness (QED) is 0.790. The van der Waals surface area contributed by atoms with E-state index in [4.69, 9.17) is 4.74 Å². The fourth-order valence-corrected chi connectivity index (χ4v) is 1.66. The molecule has 1 rings (SSSR count). The first-order chi connectivity index (χ1) is 8.17. The van der Waals surface area contributed by atoms with Crippen LogP contribution in [-0.2, 0) is 6.42 Å². The minimum Gasteiger partial charge on any atom is -0.491 e. The predicted octanol–water partition coefficient (Wildman–Crippen LogP) is 2.58. The molecule has 0 spiro atoms. The molecule has 0 saturated carbocycles. The highest BCUT2D eigenvalue weighted by Crippen LogP contribution is 2.18. The van der Waals surface area contributed by atoms with Crippen molar-refractivity contribution < 1.29 is 4.74 Å².